The summed E-state index contributed by atoms with van der Waals surface area (Å²) in [7, 11) is 0. The Morgan fingerprint density at radius 3 is 2.47 bits per heavy atom. The molecule has 0 aromatic heterocycles. The standard InChI is InChI=1S/C25H29N5O6/c1-15-2-7-18(14-19(15)24(33)29-8-11-35-12-9-29)30-10-13-36-21(25(30)34)20(31)23(32)28-17-5-3-16(4-6-17)22(26)27/h2-7,14,20-21,31H,8-13H2,1H3,(H3,26,27)(H,28,32). The maximum atomic E-state index is 13.2. The van der Waals surface area contributed by atoms with Crippen LogP contribution in [0.4, 0.5) is 11.4 Å². The number of nitrogen functional groups attached to an aromatic ring is 1. The minimum Gasteiger partial charge on any atom is -0.384 e. The van der Waals surface area contributed by atoms with E-state index in [1.165, 1.54) is 17.0 Å². The summed E-state index contributed by atoms with van der Waals surface area (Å²) in [6.07, 6.45) is -3.16. The zero-order valence-electron chi connectivity index (χ0n) is 19.9. The summed E-state index contributed by atoms with van der Waals surface area (Å²) in [4.78, 5) is 42.1. The molecule has 11 heteroatoms. The molecule has 2 heterocycles. The van der Waals surface area contributed by atoms with Crippen molar-refractivity contribution in [2.75, 3.05) is 49.7 Å². The van der Waals surface area contributed by atoms with E-state index in [9.17, 15) is 19.5 Å². The molecular formula is C25H29N5O6. The van der Waals surface area contributed by atoms with E-state index < -0.39 is 24.0 Å². The molecule has 0 bridgehead atoms. The van der Waals surface area contributed by atoms with Crippen molar-refractivity contribution in [2.45, 2.75) is 19.1 Å². The predicted octanol–water partition coefficient (Wildman–Crippen LogP) is 0.483. The summed E-state index contributed by atoms with van der Waals surface area (Å²) in [5.41, 5.74) is 8.04. The van der Waals surface area contributed by atoms with E-state index in [2.05, 4.69) is 5.32 Å². The number of nitrogens with two attached hydrogens (primary N) is 1. The quantitative estimate of drug-likeness (QED) is 0.335. The molecular weight excluding hydrogens is 466 g/mol. The van der Waals surface area contributed by atoms with Crippen molar-refractivity contribution >= 4 is 34.9 Å². The van der Waals surface area contributed by atoms with Gasteiger partial charge in [-0.25, -0.2) is 0 Å². The molecule has 4 rings (SSSR count). The van der Waals surface area contributed by atoms with Gasteiger partial charge in [0.2, 0.25) is 0 Å². The van der Waals surface area contributed by atoms with Gasteiger partial charge in [0.15, 0.2) is 12.2 Å². The number of hydrogen-bond acceptors (Lipinski definition) is 7. The van der Waals surface area contributed by atoms with Gasteiger partial charge < -0.3 is 35.4 Å². The number of carbonyl (C=O) groups is 3. The van der Waals surface area contributed by atoms with E-state index in [0.717, 1.165) is 5.56 Å². The number of amides is 3. The van der Waals surface area contributed by atoms with Crippen LogP contribution >= 0.6 is 0 Å². The molecule has 11 nitrogen and oxygen atoms in total. The molecule has 2 aromatic rings. The number of aryl methyl sites for hydroxylation is 1. The first-order valence-electron chi connectivity index (χ1n) is 11.6. The van der Waals surface area contributed by atoms with Crippen LogP contribution in [0.25, 0.3) is 0 Å². The molecule has 0 spiro atoms. The number of nitrogens with one attached hydrogen (secondary N) is 2. The summed E-state index contributed by atoms with van der Waals surface area (Å²) in [5, 5.41) is 20.6. The lowest BCUT2D eigenvalue weighted by atomic mass is 10.0. The smallest absolute Gasteiger partial charge is 0.259 e. The monoisotopic (exact) mass is 495 g/mol. The van der Waals surface area contributed by atoms with Crippen molar-refractivity contribution in [3.8, 4) is 0 Å². The van der Waals surface area contributed by atoms with Gasteiger partial charge in [0, 0.05) is 42.1 Å². The highest BCUT2D eigenvalue weighted by Gasteiger charge is 2.39. The van der Waals surface area contributed by atoms with Crippen LogP contribution in [0.1, 0.15) is 21.5 Å². The molecule has 5 N–H and O–H groups in total. The van der Waals surface area contributed by atoms with E-state index in [0.29, 0.717) is 48.8 Å². The highest BCUT2D eigenvalue weighted by atomic mass is 16.5. The van der Waals surface area contributed by atoms with Crippen molar-refractivity contribution in [2.24, 2.45) is 5.73 Å². The number of morpholine rings is 2. The number of aliphatic hydroxyl groups is 1. The molecule has 2 aromatic carbocycles. The van der Waals surface area contributed by atoms with Crippen LogP contribution in [-0.4, -0.2) is 85.2 Å². The molecule has 3 amide bonds. The molecule has 2 aliphatic heterocycles. The highest BCUT2D eigenvalue weighted by molar-refractivity contribution is 6.05. The second kappa shape index (κ2) is 10.9. The molecule has 2 unspecified atom stereocenters. The summed E-state index contributed by atoms with van der Waals surface area (Å²) in [6.45, 7) is 4.11. The molecule has 190 valence electrons. The lowest BCUT2D eigenvalue weighted by Gasteiger charge is -2.34. The van der Waals surface area contributed by atoms with Crippen molar-refractivity contribution in [3.05, 3.63) is 59.2 Å². The van der Waals surface area contributed by atoms with Gasteiger partial charge in [0.1, 0.15) is 5.84 Å². The van der Waals surface area contributed by atoms with Gasteiger partial charge in [-0.1, -0.05) is 6.07 Å². The number of rotatable bonds is 6. The minimum atomic E-state index is -1.76. The Morgan fingerprint density at radius 1 is 1.11 bits per heavy atom. The molecule has 0 saturated carbocycles. The zero-order valence-corrected chi connectivity index (χ0v) is 19.9. The molecule has 2 saturated heterocycles. The SMILES string of the molecule is Cc1ccc(N2CCOC(C(O)C(=O)Nc3ccc(C(=N)N)cc3)C2=O)cc1C(=O)N1CCOCC1. The Bertz CT molecular complexity index is 1160. The third-order valence-electron chi connectivity index (χ3n) is 6.20. The second-order valence-electron chi connectivity index (χ2n) is 8.61. The number of aliphatic hydroxyl groups excluding tert-OH is 1. The van der Waals surface area contributed by atoms with Gasteiger partial charge in [0.25, 0.3) is 17.7 Å². The van der Waals surface area contributed by atoms with Crippen molar-refractivity contribution in [1.82, 2.24) is 4.90 Å². The van der Waals surface area contributed by atoms with Crippen LogP contribution in [0.2, 0.25) is 0 Å². The lowest BCUT2D eigenvalue weighted by Crippen LogP contribution is -2.55. The average Bonchev–Trinajstić information content (AvgIpc) is 2.89. The summed E-state index contributed by atoms with van der Waals surface area (Å²) < 4.78 is 10.8. The van der Waals surface area contributed by atoms with Crippen LogP contribution < -0.4 is 16.0 Å². The predicted molar refractivity (Wildman–Crippen MR) is 132 cm³/mol. The number of anilines is 2. The fraction of sp³-hybridized carbons (Fsp3) is 0.360. The number of hydrogen-bond donors (Lipinski definition) is 4. The fourth-order valence-electron chi connectivity index (χ4n) is 4.12. The molecule has 36 heavy (non-hydrogen) atoms. The maximum Gasteiger partial charge on any atom is 0.259 e. The topological polar surface area (TPSA) is 158 Å². The van der Waals surface area contributed by atoms with Gasteiger partial charge in [0.05, 0.1) is 19.8 Å². The Kier molecular flexibility index (Phi) is 7.63. The van der Waals surface area contributed by atoms with Gasteiger partial charge in [-0.05, 0) is 48.9 Å². The molecule has 2 aliphatic rings. The largest absolute Gasteiger partial charge is 0.384 e. The summed E-state index contributed by atoms with van der Waals surface area (Å²) >= 11 is 0. The Balaban J connectivity index is 1.47. The fourth-order valence-corrected chi connectivity index (χ4v) is 4.12. The van der Waals surface area contributed by atoms with Crippen LogP contribution in [0, 0.1) is 12.3 Å². The highest BCUT2D eigenvalue weighted by Crippen LogP contribution is 2.25. The molecule has 0 aliphatic carbocycles. The van der Waals surface area contributed by atoms with Gasteiger partial charge in [-0.15, -0.1) is 0 Å². The summed E-state index contributed by atoms with van der Waals surface area (Å²) in [6, 6.07) is 11.4. The Morgan fingerprint density at radius 2 is 1.81 bits per heavy atom. The molecule has 2 atom stereocenters. The Labute approximate surface area is 208 Å². The van der Waals surface area contributed by atoms with Crippen molar-refractivity contribution in [3.63, 3.8) is 0 Å². The third kappa shape index (κ3) is 5.38. The van der Waals surface area contributed by atoms with Crippen molar-refractivity contribution in [1.29, 1.82) is 5.41 Å². The van der Waals surface area contributed by atoms with E-state index in [1.54, 1.807) is 35.2 Å². The van der Waals surface area contributed by atoms with E-state index in [1.807, 2.05) is 6.92 Å². The van der Waals surface area contributed by atoms with Gasteiger partial charge >= 0.3 is 0 Å². The van der Waals surface area contributed by atoms with Crippen LogP contribution in [0.15, 0.2) is 42.5 Å². The van der Waals surface area contributed by atoms with E-state index in [-0.39, 0.29) is 24.9 Å². The van der Waals surface area contributed by atoms with Gasteiger partial charge in [-0.3, -0.25) is 19.8 Å². The van der Waals surface area contributed by atoms with E-state index in [4.69, 9.17) is 20.6 Å². The number of benzene rings is 2. The average molecular weight is 496 g/mol. The lowest BCUT2D eigenvalue weighted by molar-refractivity contribution is -0.150. The molecule has 0 radical (unpaired) electrons. The first-order chi connectivity index (χ1) is 17.3. The van der Waals surface area contributed by atoms with Crippen LogP contribution in [0.3, 0.4) is 0 Å². The first-order valence-corrected chi connectivity index (χ1v) is 11.6. The number of ether oxygens (including phenoxy) is 2. The minimum absolute atomic E-state index is 0.106. The van der Waals surface area contributed by atoms with E-state index >= 15 is 0 Å². The number of carbonyl (C=O) groups excluding carboxylic acids is 3. The van der Waals surface area contributed by atoms with Crippen LogP contribution in [0.5, 0.6) is 0 Å². The van der Waals surface area contributed by atoms with Crippen LogP contribution in [-0.2, 0) is 19.1 Å². The summed E-state index contributed by atoms with van der Waals surface area (Å²) in [5.74, 6) is -1.63. The number of amidine groups is 1. The number of nitrogens with zero attached hydrogens (tertiary/aromatic N) is 2. The van der Waals surface area contributed by atoms with Gasteiger partial charge in [-0.2, -0.15) is 0 Å². The van der Waals surface area contributed by atoms with Crippen molar-refractivity contribution < 1.29 is 29.0 Å². The Hall–Kier alpha value is -3.80. The zero-order chi connectivity index (χ0) is 25.8. The molecule has 2 fully saturated rings. The first kappa shape index (κ1) is 25.3. The maximum absolute atomic E-state index is 13.2. The normalized spacial score (nSPS) is 19.1. The third-order valence-corrected chi connectivity index (χ3v) is 6.20. The second-order valence-corrected chi connectivity index (χ2v) is 8.61.